The van der Waals surface area contributed by atoms with Crippen molar-refractivity contribution in [1.82, 2.24) is 15.3 Å². The molecule has 2 N–H and O–H groups in total. The molecule has 0 saturated carbocycles. The molecule has 1 saturated heterocycles. The second kappa shape index (κ2) is 7.18. The van der Waals surface area contributed by atoms with Crippen molar-refractivity contribution in [3.05, 3.63) is 53.5 Å². The monoisotopic (exact) mass is 360 g/mol. The van der Waals surface area contributed by atoms with E-state index in [1.807, 2.05) is 31.2 Å². The molecule has 1 aliphatic rings. The van der Waals surface area contributed by atoms with Crippen LogP contribution in [0.3, 0.4) is 0 Å². The van der Waals surface area contributed by atoms with Crippen molar-refractivity contribution < 1.29 is 13.2 Å². The van der Waals surface area contributed by atoms with Crippen molar-refractivity contribution in [2.75, 3.05) is 16.8 Å². The van der Waals surface area contributed by atoms with Gasteiger partial charge in [0.2, 0.25) is 0 Å². The minimum absolute atomic E-state index is 0.0116. The second-order valence-electron chi connectivity index (χ2n) is 6.20. The molecule has 0 spiro atoms. The maximum atomic E-state index is 12.3. The molecule has 1 atom stereocenters. The highest BCUT2D eigenvalue weighted by molar-refractivity contribution is 7.91. The third-order valence-electron chi connectivity index (χ3n) is 4.06. The van der Waals surface area contributed by atoms with E-state index < -0.39 is 9.84 Å². The van der Waals surface area contributed by atoms with Crippen molar-refractivity contribution >= 4 is 21.6 Å². The minimum Gasteiger partial charge on any atom is -0.366 e. The molecule has 1 amide bonds. The number of rotatable bonds is 5. The van der Waals surface area contributed by atoms with E-state index in [-0.39, 0.29) is 29.1 Å². The summed E-state index contributed by atoms with van der Waals surface area (Å²) >= 11 is 0. The summed E-state index contributed by atoms with van der Waals surface area (Å²) in [5.74, 6) is 0.260. The lowest BCUT2D eigenvalue weighted by molar-refractivity contribution is 0.0936. The van der Waals surface area contributed by atoms with E-state index in [9.17, 15) is 13.2 Å². The Bertz CT molecular complexity index is 866. The minimum atomic E-state index is -3.03. The van der Waals surface area contributed by atoms with Gasteiger partial charge in [0.05, 0.1) is 11.5 Å². The molecule has 1 unspecified atom stereocenters. The van der Waals surface area contributed by atoms with Crippen LogP contribution < -0.4 is 10.6 Å². The topological polar surface area (TPSA) is 101 Å². The summed E-state index contributed by atoms with van der Waals surface area (Å²) in [6, 6.07) is 9.33. The third-order valence-corrected chi connectivity index (χ3v) is 5.83. The molecule has 1 aliphatic heterocycles. The second-order valence-corrected chi connectivity index (χ2v) is 8.43. The van der Waals surface area contributed by atoms with Crippen molar-refractivity contribution in [2.24, 2.45) is 0 Å². The molecule has 7 nitrogen and oxygen atoms in total. The van der Waals surface area contributed by atoms with Gasteiger partial charge in [0.1, 0.15) is 17.8 Å². The van der Waals surface area contributed by atoms with Gasteiger partial charge in [-0.1, -0.05) is 29.8 Å². The molecule has 0 aliphatic carbocycles. The number of hydrogen-bond acceptors (Lipinski definition) is 6. The molecular formula is C17H20N4O3S. The Labute approximate surface area is 146 Å². The Morgan fingerprint density at radius 2 is 2.00 bits per heavy atom. The van der Waals surface area contributed by atoms with E-state index in [1.165, 1.54) is 11.9 Å². The summed E-state index contributed by atoms with van der Waals surface area (Å²) in [5.41, 5.74) is 2.51. The zero-order chi connectivity index (χ0) is 17.9. The van der Waals surface area contributed by atoms with Gasteiger partial charge in [-0.3, -0.25) is 4.79 Å². The third kappa shape index (κ3) is 4.76. The molecule has 0 radical (unpaired) electrons. The summed E-state index contributed by atoms with van der Waals surface area (Å²) in [6.45, 7) is 2.61. The van der Waals surface area contributed by atoms with Crippen molar-refractivity contribution in [3.63, 3.8) is 0 Å². The quantitative estimate of drug-likeness (QED) is 0.834. The Balaban J connectivity index is 1.60. The van der Waals surface area contributed by atoms with E-state index in [4.69, 9.17) is 0 Å². The van der Waals surface area contributed by atoms with Gasteiger partial charge in [-0.15, -0.1) is 0 Å². The Hall–Kier alpha value is -2.48. The summed E-state index contributed by atoms with van der Waals surface area (Å²) in [5, 5.41) is 5.88. The first-order chi connectivity index (χ1) is 11.9. The van der Waals surface area contributed by atoms with E-state index in [1.54, 1.807) is 6.07 Å². The normalized spacial score (nSPS) is 18.7. The lowest BCUT2D eigenvalue weighted by Gasteiger charge is -2.11. The van der Waals surface area contributed by atoms with Gasteiger partial charge in [0, 0.05) is 18.7 Å². The van der Waals surface area contributed by atoms with Crippen molar-refractivity contribution in [3.8, 4) is 0 Å². The molecule has 1 fully saturated rings. The zero-order valence-corrected chi connectivity index (χ0v) is 14.7. The number of amides is 1. The summed E-state index contributed by atoms with van der Waals surface area (Å²) in [4.78, 5) is 20.3. The highest BCUT2D eigenvalue weighted by atomic mass is 32.2. The molecular weight excluding hydrogens is 340 g/mol. The number of nitrogens with one attached hydrogen (secondary N) is 2. The Morgan fingerprint density at radius 3 is 2.68 bits per heavy atom. The van der Waals surface area contributed by atoms with Crippen LogP contribution >= 0.6 is 0 Å². The fourth-order valence-corrected chi connectivity index (χ4v) is 4.32. The largest absolute Gasteiger partial charge is 0.366 e. The molecule has 8 heteroatoms. The molecule has 1 aromatic carbocycles. The van der Waals surface area contributed by atoms with Crippen LogP contribution in [0.2, 0.25) is 0 Å². The van der Waals surface area contributed by atoms with Crippen molar-refractivity contribution in [1.29, 1.82) is 0 Å². The maximum absolute atomic E-state index is 12.3. The van der Waals surface area contributed by atoms with E-state index in [0.717, 1.165) is 5.56 Å². The van der Waals surface area contributed by atoms with Crippen LogP contribution in [0.4, 0.5) is 5.82 Å². The number of sulfone groups is 1. The SMILES string of the molecule is Cc1ccc(CNc2cc(C(=O)NC3CCS(=O)(=O)C3)ncn2)cc1. The molecule has 2 heterocycles. The highest BCUT2D eigenvalue weighted by Gasteiger charge is 2.29. The molecule has 132 valence electrons. The van der Waals surface area contributed by atoms with E-state index in [2.05, 4.69) is 20.6 Å². The molecule has 1 aromatic heterocycles. The lowest BCUT2D eigenvalue weighted by atomic mass is 10.1. The number of carbonyl (C=O) groups excluding carboxylic acids is 1. The lowest BCUT2D eigenvalue weighted by Crippen LogP contribution is -2.36. The predicted molar refractivity (Wildman–Crippen MR) is 95.1 cm³/mol. The maximum Gasteiger partial charge on any atom is 0.270 e. The van der Waals surface area contributed by atoms with Gasteiger partial charge >= 0.3 is 0 Å². The summed E-state index contributed by atoms with van der Waals surface area (Å²) in [6.07, 6.45) is 1.76. The Morgan fingerprint density at radius 1 is 1.24 bits per heavy atom. The smallest absolute Gasteiger partial charge is 0.270 e. The number of aromatic nitrogens is 2. The number of carbonyl (C=O) groups is 1. The number of aryl methyl sites for hydroxylation is 1. The first kappa shape index (κ1) is 17.3. The van der Waals surface area contributed by atoms with Gasteiger partial charge in [-0.2, -0.15) is 0 Å². The Kier molecular flexibility index (Phi) is 4.98. The van der Waals surface area contributed by atoms with Crippen LogP contribution in [0, 0.1) is 6.92 Å². The average molecular weight is 360 g/mol. The van der Waals surface area contributed by atoms with Gasteiger partial charge < -0.3 is 10.6 Å². The van der Waals surface area contributed by atoms with Gasteiger partial charge in [-0.05, 0) is 18.9 Å². The zero-order valence-electron chi connectivity index (χ0n) is 13.9. The van der Waals surface area contributed by atoms with Crippen molar-refractivity contribution in [2.45, 2.75) is 25.9 Å². The first-order valence-corrected chi connectivity index (χ1v) is 9.86. The fourth-order valence-electron chi connectivity index (χ4n) is 2.64. The van der Waals surface area contributed by atoms with E-state index in [0.29, 0.717) is 18.8 Å². The van der Waals surface area contributed by atoms with Crippen LogP contribution in [-0.2, 0) is 16.4 Å². The number of anilines is 1. The van der Waals surface area contributed by atoms with Crippen LogP contribution in [0.1, 0.15) is 28.0 Å². The van der Waals surface area contributed by atoms with Gasteiger partial charge in [0.25, 0.3) is 5.91 Å². The van der Waals surface area contributed by atoms with Gasteiger partial charge in [0.15, 0.2) is 9.84 Å². The average Bonchev–Trinajstić information content (AvgIpc) is 2.93. The number of hydrogen-bond donors (Lipinski definition) is 2. The molecule has 2 aromatic rings. The van der Waals surface area contributed by atoms with Crippen LogP contribution in [0.5, 0.6) is 0 Å². The van der Waals surface area contributed by atoms with Crippen LogP contribution in [0.25, 0.3) is 0 Å². The fraction of sp³-hybridized carbons (Fsp3) is 0.353. The van der Waals surface area contributed by atoms with E-state index >= 15 is 0 Å². The molecule has 0 bridgehead atoms. The number of nitrogens with zero attached hydrogens (tertiary/aromatic N) is 2. The van der Waals surface area contributed by atoms with Crippen LogP contribution in [-0.4, -0.2) is 41.8 Å². The highest BCUT2D eigenvalue weighted by Crippen LogP contribution is 2.13. The standard InChI is InChI=1S/C17H20N4O3S/c1-12-2-4-13(5-3-12)9-18-16-8-15(19-11-20-16)17(22)21-14-6-7-25(23,24)10-14/h2-5,8,11,14H,6-7,9-10H2,1H3,(H,21,22)(H,18,19,20). The first-order valence-electron chi connectivity index (χ1n) is 8.04. The summed E-state index contributed by atoms with van der Waals surface area (Å²) in [7, 11) is -3.03. The molecule has 3 rings (SSSR count). The summed E-state index contributed by atoms with van der Waals surface area (Å²) < 4.78 is 22.9. The van der Waals surface area contributed by atoms with Gasteiger partial charge in [-0.25, -0.2) is 18.4 Å². The molecule has 25 heavy (non-hydrogen) atoms. The number of benzene rings is 1. The van der Waals surface area contributed by atoms with Crippen LogP contribution in [0.15, 0.2) is 36.7 Å². The predicted octanol–water partition coefficient (Wildman–Crippen LogP) is 1.31.